The van der Waals surface area contributed by atoms with Gasteiger partial charge in [-0.2, -0.15) is 0 Å². The van der Waals surface area contributed by atoms with E-state index in [0.717, 1.165) is 12.5 Å². The van der Waals surface area contributed by atoms with Crippen LogP contribution in [0.25, 0.3) is 0 Å². The summed E-state index contributed by atoms with van der Waals surface area (Å²) < 4.78 is 0. The Hall–Kier alpha value is -0.120. The predicted molar refractivity (Wildman–Crippen MR) is 68.5 cm³/mol. The van der Waals surface area contributed by atoms with Gasteiger partial charge in [0.05, 0.1) is 0 Å². The second-order valence-corrected chi connectivity index (χ2v) is 5.45. The Balaban J connectivity index is 1.58. The van der Waals surface area contributed by atoms with E-state index in [-0.39, 0.29) is 0 Å². The van der Waals surface area contributed by atoms with Crippen LogP contribution in [0, 0.1) is 5.92 Å². The lowest BCUT2D eigenvalue weighted by Crippen LogP contribution is -2.39. The topological polar surface area (TPSA) is 32.5 Å². The van der Waals surface area contributed by atoms with E-state index < -0.39 is 0 Å². The van der Waals surface area contributed by atoms with Crippen molar-refractivity contribution >= 4 is 0 Å². The van der Waals surface area contributed by atoms with E-state index in [1.54, 1.807) is 0 Å². The summed E-state index contributed by atoms with van der Waals surface area (Å²) in [6.45, 7) is 8.70. The largest absolute Gasteiger partial charge is 0.330 e. The molecule has 1 atom stereocenters. The monoisotopic (exact) mass is 225 g/mol. The van der Waals surface area contributed by atoms with Crippen molar-refractivity contribution in [1.29, 1.82) is 0 Å². The highest BCUT2D eigenvalue weighted by atomic mass is 15.2. The average Bonchev–Trinajstić information content (AvgIpc) is 2.82. The first-order chi connectivity index (χ1) is 7.88. The zero-order valence-electron chi connectivity index (χ0n) is 10.5. The van der Waals surface area contributed by atoms with Gasteiger partial charge in [-0.1, -0.05) is 0 Å². The lowest BCUT2D eigenvalue weighted by atomic mass is 9.98. The van der Waals surface area contributed by atoms with E-state index in [2.05, 4.69) is 9.80 Å². The number of rotatable bonds is 5. The first kappa shape index (κ1) is 12.3. The molecule has 0 aromatic rings. The smallest absolute Gasteiger partial charge is 0.00217 e. The molecule has 2 heterocycles. The van der Waals surface area contributed by atoms with E-state index in [0.29, 0.717) is 0 Å². The summed E-state index contributed by atoms with van der Waals surface area (Å²) in [6.07, 6.45) is 6.87. The van der Waals surface area contributed by atoms with Crippen LogP contribution in [0.2, 0.25) is 0 Å². The fourth-order valence-corrected chi connectivity index (χ4v) is 3.07. The number of piperidine rings is 1. The summed E-state index contributed by atoms with van der Waals surface area (Å²) in [7, 11) is 0. The van der Waals surface area contributed by atoms with Crippen molar-refractivity contribution in [2.75, 3.05) is 45.8 Å². The minimum absolute atomic E-state index is 0.764. The van der Waals surface area contributed by atoms with Gasteiger partial charge in [0.2, 0.25) is 0 Å². The maximum absolute atomic E-state index is 5.76. The van der Waals surface area contributed by atoms with Gasteiger partial charge in [0.15, 0.2) is 0 Å². The third-order valence-corrected chi connectivity index (χ3v) is 4.08. The van der Waals surface area contributed by atoms with Crippen molar-refractivity contribution in [3.63, 3.8) is 0 Å². The molecule has 2 fully saturated rings. The zero-order valence-corrected chi connectivity index (χ0v) is 10.5. The summed E-state index contributed by atoms with van der Waals surface area (Å²) in [5.41, 5.74) is 5.76. The molecule has 0 aromatic carbocycles. The van der Waals surface area contributed by atoms with Crippen molar-refractivity contribution in [3.05, 3.63) is 0 Å². The molecular weight excluding hydrogens is 198 g/mol. The molecule has 2 rings (SSSR count). The molecule has 2 aliphatic rings. The first-order valence-corrected chi connectivity index (χ1v) is 7.03. The number of nitrogens with two attached hydrogens (primary N) is 1. The van der Waals surface area contributed by atoms with Gasteiger partial charge in [-0.05, 0) is 77.3 Å². The van der Waals surface area contributed by atoms with Crippen LogP contribution in [0.15, 0.2) is 0 Å². The molecule has 16 heavy (non-hydrogen) atoms. The number of hydrogen-bond donors (Lipinski definition) is 1. The molecule has 0 radical (unpaired) electrons. The molecule has 0 saturated carbocycles. The van der Waals surface area contributed by atoms with Crippen molar-refractivity contribution < 1.29 is 0 Å². The molecule has 0 aromatic heterocycles. The summed E-state index contributed by atoms with van der Waals surface area (Å²) >= 11 is 0. The van der Waals surface area contributed by atoms with Crippen molar-refractivity contribution in [2.45, 2.75) is 32.1 Å². The Morgan fingerprint density at radius 2 is 1.62 bits per heavy atom. The second kappa shape index (κ2) is 6.58. The van der Waals surface area contributed by atoms with Crippen molar-refractivity contribution in [2.24, 2.45) is 11.7 Å². The van der Waals surface area contributed by atoms with Crippen molar-refractivity contribution in [1.82, 2.24) is 9.80 Å². The summed E-state index contributed by atoms with van der Waals surface area (Å²) in [5, 5.41) is 0. The van der Waals surface area contributed by atoms with Crippen molar-refractivity contribution in [3.8, 4) is 0 Å². The van der Waals surface area contributed by atoms with Crippen LogP contribution >= 0.6 is 0 Å². The molecule has 94 valence electrons. The Morgan fingerprint density at radius 3 is 2.38 bits per heavy atom. The highest BCUT2D eigenvalue weighted by molar-refractivity contribution is 4.74. The standard InChI is InChI=1S/C13H27N3/c14-11-13-5-3-8-16(12-13)10-4-9-15-6-1-2-7-15/h13H,1-12,14H2. The third-order valence-electron chi connectivity index (χ3n) is 4.08. The molecule has 0 spiro atoms. The lowest BCUT2D eigenvalue weighted by Gasteiger charge is -2.32. The highest BCUT2D eigenvalue weighted by Crippen LogP contribution is 2.15. The van der Waals surface area contributed by atoms with Gasteiger partial charge < -0.3 is 15.5 Å². The van der Waals surface area contributed by atoms with Crippen LogP contribution in [0.4, 0.5) is 0 Å². The van der Waals surface area contributed by atoms with Gasteiger partial charge >= 0.3 is 0 Å². The molecule has 2 N–H and O–H groups in total. The van der Waals surface area contributed by atoms with E-state index in [1.165, 1.54) is 71.4 Å². The molecule has 0 aliphatic carbocycles. The fourth-order valence-electron chi connectivity index (χ4n) is 3.07. The van der Waals surface area contributed by atoms with Crippen LogP contribution in [0.1, 0.15) is 32.1 Å². The van der Waals surface area contributed by atoms with Gasteiger partial charge in [0.25, 0.3) is 0 Å². The van der Waals surface area contributed by atoms with Gasteiger partial charge in [-0.15, -0.1) is 0 Å². The quantitative estimate of drug-likeness (QED) is 0.761. The number of nitrogens with zero attached hydrogens (tertiary/aromatic N) is 2. The van der Waals surface area contributed by atoms with Gasteiger partial charge in [-0.3, -0.25) is 0 Å². The highest BCUT2D eigenvalue weighted by Gasteiger charge is 2.18. The second-order valence-electron chi connectivity index (χ2n) is 5.45. The maximum atomic E-state index is 5.76. The Kier molecular flexibility index (Phi) is 5.07. The minimum Gasteiger partial charge on any atom is -0.330 e. The maximum Gasteiger partial charge on any atom is 0.00217 e. The SMILES string of the molecule is NCC1CCCN(CCCN2CCCC2)C1. The van der Waals surface area contributed by atoms with E-state index in [9.17, 15) is 0 Å². The predicted octanol–water partition coefficient (Wildman–Crippen LogP) is 1.14. The normalized spacial score (nSPS) is 28.7. The van der Waals surface area contributed by atoms with Crippen LogP contribution in [0.3, 0.4) is 0 Å². The van der Waals surface area contributed by atoms with Crippen LogP contribution in [-0.4, -0.2) is 55.6 Å². The Morgan fingerprint density at radius 1 is 0.938 bits per heavy atom. The summed E-state index contributed by atoms with van der Waals surface area (Å²) in [6, 6.07) is 0. The fraction of sp³-hybridized carbons (Fsp3) is 1.00. The van der Waals surface area contributed by atoms with Crippen LogP contribution in [-0.2, 0) is 0 Å². The number of likely N-dealkylation sites (tertiary alicyclic amines) is 2. The van der Waals surface area contributed by atoms with E-state index in [4.69, 9.17) is 5.73 Å². The summed E-state index contributed by atoms with van der Waals surface area (Å²) in [4.78, 5) is 5.24. The molecule has 3 heteroatoms. The van der Waals surface area contributed by atoms with Crippen LogP contribution in [0.5, 0.6) is 0 Å². The van der Waals surface area contributed by atoms with E-state index >= 15 is 0 Å². The molecule has 2 saturated heterocycles. The Labute approximate surface area is 100.0 Å². The third kappa shape index (κ3) is 3.72. The lowest BCUT2D eigenvalue weighted by molar-refractivity contribution is 0.169. The molecule has 1 unspecified atom stereocenters. The Bertz CT molecular complexity index is 190. The minimum atomic E-state index is 0.764. The van der Waals surface area contributed by atoms with Gasteiger partial charge in [0, 0.05) is 6.54 Å². The number of hydrogen-bond acceptors (Lipinski definition) is 3. The summed E-state index contributed by atoms with van der Waals surface area (Å²) in [5.74, 6) is 0.764. The molecule has 0 amide bonds. The first-order valence-electron chi connectivity index (χ1n) is 7.03. The zero-order chi connectivity index (χ0) is 11.2. The molecule has 2 aliphatic heterocycles. The molecule has 3 nitrogen and oxygen atoms in total. The molecular formula is C13H27N3. The van der Waals surface area contributed by atoms with Crippen LogP contribution < -0.4 is 5.73 Å². The van der Waals surface area contributed by atoms with Gasteiger partial charge in [0.1, 0.15) is 0 Å². The van der Waals surface area contributed by atoms with E-state index in [1.807, 2.05) is 0 Å². The average molecular weight is 225 g/mol. The molecule has 0 bridgehead atoms. The van der Waals surface area contributed by atoms with Gasteiger partial charge in [-0.25, -0.2) is 0 Å².